The summed E-state index contributed by atoms with van der Waals surface area (Å²) in [5.41, 5.74) is 0.893. The van der Waals surface area contributed by atoms with Crippen molar-refractivity contribution in [2.75, 3.05) is 13.2 Å². The summed E-state index contributed by atoms with van der Waals surface area (Å²) in [5, 5.41) is 4.29. The molecule has 1 aromatic rings. The Morgan fingerprint density at radius 1 is 1.16 bits per heavy atom. The molecule has 138 valence electrons. The zero-order valence-corrected chi connectivity index (χ0v) is 15.0. The second-order valence-corrected chi connectivity index (χ2v) is 6.89. The first-order valence-corrected chi connectivity index (χ1v) is 8.97. The minimum absolute atomic E-state index is 0.00623. The van der Waals surface area contributed by atoms with E-state index in [4.69, 9.17) is 0 Å². The Kier molecular flexibility index (Phi) is 7.52. The van der Waals surface area contributed by atoms with Crippen LogP contribution in [0.5, 0.6) is 0 Å². The smallest absolute Gasteiger partial charge is 0.324 e. The van der Waals surface area contributed by atoms with Crippen LogP contribution in [0.2, 0.25) is 0 Å². The minimum Gasteiger partial charge on any atom is -0.454 e. The van der Waals surface area contributed by atoms with Crippen molar-refractivity contribution < 1.29 is 27.5 Å². The van der Waals surface area contributed by atoms with Gasteiger partial charge in [-0.3, -0.25) is 14.9 Å². The second kappa shape index (κ2) is 9.14. The highest BCUT2D eigenvalue weighted by Crippen LogP contribution is 2.10. The maximum Gasteiger partial charge on any atom is 0.324 e. The van der Waals surface area contributed by atoms with Gasteiger partial charge in [-0.25, -0.2) is 13.2 Å². The van der Waals surface area contributed by atoms with Crippen LogP contribution < -0.4 is 15.4 Å². The SMILES string of the molecule is CCNC(=O)NC(=O)COC(=O)[C@H](C)NS(=O)(=O)c1ccc(C)cc1. The molecule has 0 aliphatic heterocycles. The minimum atomic E-state index is -3.90. The molecular formula is C15H21N3O6S. The Bertz CT molecular complexity index is 730. The van der Waals surface area contributed by atoms with Gasteiger partial charge in [-0.15, -0.1) is 0 Å². The van der Waals surface area contributed by atoms with E-state index in [9.17, 15) is 22.8 Å². The number of aryl methyl sites for hydroxylation is 1. The van der Waals surface area contributed by atoms with Crippen LogP contribution in [0.15, 0.2) is 29.2 Å². The van der Waals surface area contributed by atoms with Gasteiger partial charge < -0.3 is 10.1 Å². The van der Waals surface area contributed by atoms with E-state index >= 15 is 0 Å². The highest BCUT2D eigenvalue weighted by atomic mass is 32.2. The first kappa shape index (κ1) is 20.6. The summed E-state index contributed by atoms with van der Waals surface area (Å²) < 4.78 is 31.2. The van der Waals surface area contributed by atoms with Gasteiger partial charge in [-0.1, -0.05) is 17.7 Å². The van der Waals surface area contributed by atoms with Crippen molar-refractivity contribution in [2.24, 2.45) is 0 Å². The van der Waals surface area contributed by atoms with E-state index < -0.39 is 40.6 Å². The van der Waals surface area contributed by atoms with Crippen LogP contribution in [-0.4, -0.2) is 45.5 Å². The quantitative estimate of drug-likeness (QED) is 0.581. The Morgan fingerprint density at radius 2 is 1.76 bits per heavy atom. The van der Waals surface area contributed by atoms with Crippen molar-refractivity contribution in [3.8, 4) is 0 Å². The van der Waals surface area contributed by atoms with Crippen LogP contribution in [0.3, 0.4) is 0 Å². The number of esters is 1. The van der Waals surface area contributed by atoms with Gasteiger partial charge in [0.15, 0.2) is 6.61 Å². The zero-order valence-electron chi connectivity index (χ0n) is 14.2. The molecule has 3 N–H and O–H groups in total. The van der Waals surface area contributed by atoms with Crippen molar-refractivity contribution in [3.05, 3.63) is 29.8 Å². The van der Waals surface area contributed by atoms with E-state index in [1.54, 1.807) is 19.1 Å². The largest absolute Gasteiger partial charge is 0.454 e. The molecule has 0 unspecified atom stereocenters. The number of urea groups is 1. The summed E-state index contributed by atoms with van der Waals surface area (Å²) in [5.74, 6) is -1.77. The molecule has 0 saturated carbocycles. The number of carbonyl (C=O) groups is 3. The Hall–Kier alpha value is -2.46. The van der Waals surface area contributed by atoms with Gasteiger partial charge in [-0.05, 0) is 32.9 Å². The molecule has 9 nitrogen and oxygen atoms in total. The maximum absolute atomic E-state index is 12.2. The maximum atomic E-state index is 12.2. The second-order valence-electron chi connectivity index (χ2n) is 5.17. The van der Waals surface area contributed by atoms with Crippen LogP contribution in [-0.2, 0) is 24.3 Å². The molecule has 0 heterocycles. The van der Waals surface area contributed by atoms with Gasteiger partial charge in [0.1, 0.15) is 6.04 Å². The Morgan fingerprint density at radius 3 is 2.32 bits per heavy atom. The predicted molar refractivity (Wildman–Crippen MR) is 89.1 cm³/mol. The third-order valence-corrected chi connectivity index (χ3v) is 4.51. The molecule has 1 aromatic carbocycles. The van der Waals surface area contributed by atoms with E-state index in [1.807, 2.05) is 12.2 Å². The molecule has 0 spiro atoms. The van der Waals surface area contributed by atoms with E-state index in [0.29, 0.717) is 6.54 Å². The van der Waals surface area contributed by atoms with Crippen molar-refractivity contribution in [1.29, 1.82) is 0 Å². The number of hydrogen-bond donors (Lipinski definition) is 3. The number of carbonyl (C=O) groups excluding carboxylic acids is 3. The predicted octanol–water partition coefficient (Wildman–Crippen LogP) is 0.0507. The number of nitrogens with one attached hydrogen (secondary N) is 3. The van der Waals surface area contributed by atoms with Crippen LogP contribution in [0.4, 0.5) is 4.79 Å². The number of ether oxygens (including phenoxy) is 1. The number of rotatable bonds is 7. The van der Waals surface area contributed by atoms with Gasteiger partial charge in [0.2, 0.25) is 10.0 Å². The average Bonchev–Trinajstić information content (AvgIpc) is 2.52. The van der Waals surface area contributed by atoms with Gasteiger partial charge >= 0.3 is 12.0 Å². The molecule has 0 aliphatic carbocycles. The van der Waals surface area contributed by atoms with Crippen molar-refractivity contribution in [3.63, 3.8) is 0 Å². The summed E-state index contributed by atoms with van der Waals surface area (Å²) in [4.78, 5) is 34.3. The highest BCUT2D eigenvalue weighted by molar-refractivity contribution is 7.89. The highest BCUT2D eigenvalue weighted by Gasteiger charge is 2.23. The number of hydrogen-bond acceptors (Lipinski definition) is 6. The number of sulfonamides is 1. The molecular weight excluding hydrogens is 350 g/mol. The lowest BCUT2D eigenvalue weighted by atomic mass is 10.2. The Labute approximate surface area is 146 Å². The van der Waals surface area contributed by atoms with Crippen LogP contribution >= 0.6 is 0 Å². The van der Waals surface area contributed by atoms with Gasteiger partial charge in [-0.2, -0.15) is 4.72 Å². The van der Waals surface area contributed by atoms with E-state index in [2.05, 4.69) is 14.8 Å². The van der Waals surface area contributed by atoms with Crippen molar-refractivity contribution in [2.45, 2.75) is 31.7 Å². The van der Waals surface area contributed by atoms with Crippen molar-refractivity contribution in [1.82, 2.24) is 15.4 Å². The first-order chi connectivity index (χ1) is 11.7. The molecule has 0 fully saturated rings. The summed E-state index contributed by atoms with van der Waals surface area (Å²) in [7, 11) is -3.90. The first-order valence-electron chi connectivity index (χ1n) is 7.49. The molecule has 0 radical (unpaired) electrons. The van der Waals surface area contributed by atoms with Gasteiger partial charge in [0, 0.05) is 6.54 Å². The third kappa shape index (κ3) is 6.89. The molecule has 0 aromatic heterocycles. The molecule has 0 aliphatic rings. The lowest BCUT2D eigenvalue weighted by Gasteiger charge is -2.14. The van der Waals surface area contributed by atoms with Gasteiger partial charge in [0.25, 0.3) is 5.91 Å². The molecule has 0 saturated heterocycles. The van der Waals surface area contributed by atoms with Crippen LogP contribution in [0.25, 0.3) is 0 Å². The third-order valence-electron chi connectivity index (χ3n) is 2.95. The van der Waals surface area contributed by atoms with E-state index in [1.165, 1.54) is 19.1 Å². The molecule has 3 amide bonds. The standard InChI is InChI=1S/C15H21N3O6S/c1-4-16-15(21)17-13(19)9-24-14(20)11(3)18-25(22,23)12-7-5-10(2)6-8-12/h5-8,11,18H,4,9H2,1-3H3,(H2,16,17,19,21)/t11-/m0/s1. The summed E-state index contributed by atoms with van der Waals surface area (Å²) in [6, 6.07) is 4.16. The fourth-order valence-corrected chi connectivity index (χ4v) is 2.89. The van der Waals surface area contributed by atoms with Crippen molar-refractivity contribution >= 4 is 27.9 Å². The van der Waals surface area contributed by atoms with E-state index in [0.717, 1.165) is 5.56 Å². The fraction of sp³-hybridized carbons (Fsp3) is 0.400. The molecule has 1 atom stereocenters. The fourth-order valence-electron chi connectivity index (χ4n) is 1.70. The lowest BCUT2D eigenvalue weighted by Crippen LogP contribution is -2.43. The summed E-state index contributed by atoms with van der Waals surface area (Å²) >= 11 is 0. The number of imide groups is 1. The van der Waals surface area contributed by atoms with E-state index in [-0.39, 0.29) is 4.90 Å². The average molecular weight is 371 g/mol. The number of amides is 3. The summed E-state index contributed by atoms with van der Waals surface area (Å²) in [6.45, 7) is 4.40. The molecule has 0 bridgehead atoms. The monoisotopic (exact) mass is 371 g/mol. The Balaban J connectivity index is 2.55. The normalized spacial score (nSPS) is 12.1. The topological polar surface area (TPSA) is 131 Å². The molecule has 1 rings (SSSR count). The molecule has 25 heavy (non-hydrogen) atoms. The van der Waals surface area contributed by atoms with Crippen LogP contribution in [0, 0.1) is 6.92 Å². The van der Waals surface area contributed by atoms with Gasteiger partial charge in [0.05, 0.1) is 4.90 Å². The van der Waals surface area contributed by atoms with Crippen LogP contribution in [0.1, 0.15) is 19.4 Å². The summed E-state index contributed by atoms with van der Waals surface area (Å²) in [6.07, 6.45) is 0. The zero-order chi connectivity index (χ0) is 19.0. The lowest BCUT2D eigenvalue weighted by molar-refractivity contribution is -0.149. The molecule has 10 heteroatoms. The number of benzene rings is 1.